The predicted molar refractivity (Wildman–Crippen MR) is 89.3 cm³/mol. The molecule has 1 aliphatic heterocycles. The van der Waals surface area contributed by atoms with Crippen molar-refractivity contribution in [1.29, 1.82) is 0 Å². The molecule has 4 nitrogen and oxygen atoms in total. The zero-order valence-electron chi connectivity index (χ0n) is 12.9. The average molecular weight is 336 g/mol. The van der Waals surface area contributed by atoms with E-state index in [-0.39, 0.29) is 12.0 Å². The van der Waals surface area contributed by atoms with Crippen molar-refractivity contribution in [3.63, 3.8) is 0 Å². The molecule has 6 heteroatoms. The van der Waals surface area contributed by atoms with Crippen molar-refractivity contribution in [1.82, 2.24) is 9.88 Å². The third-order valence-electron chi connectivity index (χ3n) is 3.85. The van der Waals surface area contributed by atoms with Gasteiger partial charge in [0.15, 0.2) is 0 Å². The van der Waals surface area contributed by atoms with E-state index in [1.54, 1.807) is 27.6 Å². The summed E-state index contributed by atoms with van der Waals surface area (Å²) in [4.78, 5) is 20.9. The first-order valence-corrected chi connectivity index (χ1v) is 9.22. The van der Waals surface area contributed by atoms with E-state index in [1.165, 1.54) is 10.4 Å². The first-order chi connectivity index (χ1) is 10.7. The number of thiazole rings is 1. The molecule has 0 bridgehead atoms. The van der Waals surface area contributed by atoms with Gasteiger partial charge in [-0.05, 0) is 29.9 Å². The number of nitrogens with zero attached hydrogens (tertiary/aromatic N) is 2. The van der Waals surface area contributed by atoms with Crippen LogP contribution in [-0.2, 0) is 28.9 Å². The Labute approximate surface area is 138 Å². The van der Waals surface area contributed by atoms with Gasteiger partial charge in [-0.2, -0.15) is 0 Å². The lowest BCUT2D eigenvalue weighted by molar-refractivity contribution is -0.133. The molecule has 0 N–H and O–H groups in total. The smallest absolute Gasteiger partial charge is 0.225 e. The summed E-state index contributed by atoms with van der Waals surface area (Å²) < 4.78 is 5.81. The van der Waals surface area contributed by atoms with Crippen molar-refractivity contribution in [2.45, 2.75) is 38.8 Å². The van der Waals surface area contributed by atoms with E-state index in [0.29, 0.717) is 19.6 Å². The molecule has 0 radical (unpaired) electrons. The van der Waals surface area contributed by atoms with Gasteiger partial charge < -0.3 is 9.64 Å². The van der Waals surface area contributed by atoms with Gasteiger partial charge in [-0.1, -0.05) is 6.92 Å². The highest BCUT2D eigenvalue weighted by Gasteiger charge is 2.26. The Balaban J connectivity index is 1.60. The monoisotopic (exact) mass is 336 g/mol. The molecule has 0 saturated carbocycles. The average Bonchev–Trinajstić information content (AvgIpc) is 3.16. The lowest BCUT2D eigenvalue weighted by Gasteiger charge is -2.25. The molecule has 3 rings (SSSR count). The molecule has 0 fully saturated rings. The van der Waals surface area contributed by atoms with E-state index in [2.05, 4.69) is 23.4 Å². The van der Waals surface area contributed by atoms with Crippen LogP contribution >= 0.6 is 22.7 Å². The molecule has 0 spiro atoms. The van der Waals surface area contributed by atoms with Crippen molar-refractivity contribution < 1.29 is 9.53 Å². The lowest BCUT2D eigenvalue weighted by Crippen LogP contribution is -2.29. The minimum atomic E-state index is -0.0774. The van der Waals surface area contributed by atoms with E-state index < -0.39 is 0 Å². The van der Waals surface area contributed by atoms with Crippen molar-refractivity contribution >= 4 is 28.6 Å². The van der Waals surface area contributed by atoms with Gasteiger partial charge in [0.2, 0.25) is 5.91 Å². The predicted octanol–water partition coefficient (Wildman–Crippen LogP) is 3.43. The third kappa shape index (κ3) is 3.39. The molecule has 1 amide bonds. The summed E-state index contributed by atoms with van der Waals surface area (Å²) in [6.45, 7) is 3.43. The highest BCUT2D eigenvalue weighted by Crippen LogP contribution is 2.34. The summed E-state index contributed by atoms with van der Waals surface area (Å²) in [5, 5.41) is 3.21. The molecular formula is C16H20N2O2S2. The van der Waals surface area contributed by atoms with Crippen LogP contribution in [-0.4, -0.2) is 29.4 Å². The van der Waals surface area contributed by atoms with Gasteiger partial charge in [0, 0.05) is 23.0 Å². The summed E-state index contributed by atoms with van der Waals surface area (Å²) in [6, 6.07) is 2.15. The summed E-state index contributed by atoms with van der Waals surface area (Å²) >= 11 is 3.37. The molecule has 0 aliphatic carbocycles. The summed E-state index contributed by atoms with van der Waals surface area (Å²) in [5.41, 5.74) is 1.34. The van der Waals surface area contributed by atoms with Crippen molar-refractivity contribution in [3.8, 4) is 0 Å². The fourth-order valence-corrected chi connectivity index (χ4v) is 4.52. The molecule has 118 valence electrons. The van der Waals surface area contributed by atoms with Crippen molar-refractivity contribution in [2.24, 2.45) is 0 Å². The van der Waals surface area contributed by atoms with Gasteiger partial charge in [0.1, 0.15) is 6.10 Å². The first-order valence-electron chi connectivity index (χ1n) is 7.52. The molecule has 0 aromatic carbocycles. The van der Waals surface area contributed by atoms with E-state index >= 15 is 0 Å². The van der Waals surface area contributed by atoms with E-state index in [9.17, 15) is 4.79 Å². The Morgan fingerprint density at radius 1 is 1.55 bits per heavy atom. The molecule has 2 aromatic rings. The summed E-state index contributed by atoms with van der Waals surface area (Å²) in [5.74, 6) is 0.123. The number of hydrogen-bond donors (Lipinski definition) is 0. The van der Waals surface area contributed by atoms with Crippen LogP contribution in [0.4, 0.5) is 0 Å². The number of amides is 1. The highest BCUT2D eigenvalue weighted by molar-refractivity contribution is 7.11. The molecule has 0 unspecified atom stereocenters. The topological polar surface area (TPSA) is 42.4 Å². The number of ether oxygens (including phenoxy) is 1. The third-order valence-corrected chi connectivity index (χ3v) is 6.02. The van der Waals surface area contributed by atoms with E-state index in [0.717, 1.165) is 22.7 Å². The highest BCUT2D eigenvalue weighted by atomic mass is 32.1. The van der Waals surface area contributed by atoms with Gasteiger partial charge >= 0.3 is 0 Å². The molecule has 1 atom stereocenters. The number of fused-ring (bicyclic) bond motifs is 1. The minimum absolute atomic E-state index is 0.0774. The zero-order chi connectivity index (χ0) is 15.5. The van der Waals surface area contributed by atoms with Crippen LogP contribution in [0.25, 0.3) is 0 Å². The Bertz CT molecular complexity index is 650. The lowest BCUT2D eigenvalue weighted by atomic mass is 10.1. The van der Waals surface area contributed by atoms with Crippen LogP contribution in [0, 0.1) is 0 Å². The van der Waals surface area contributed by atoms with Gasteiger partial charge in [0.05, 0.1) is 24.6 Å². The molecule has 1 aliphatic rings. The number of aromatic nitrogens is 1. The number of carbonyl (C=O) groups excluding carboxylic acids is 1. The maximum atomic E-state index is 12.5. The fraction of sp³-hybridized carbons (Fsp3) is 0.500. The standard InChI is InChI=1S/C16H20N2O2S2/c1-3-14-17-9-12(22-14)10-18(2)15(19)8-13-16-11(4-6-20-13)5-7-21-16/h5,7,9,13H,3-4,6,8,10H2,1-2H3/t13-/m0/s1. The second-order valence-corrected chi connectivity index (χ2v) is 7.59. The Morgan fingerprint density at radius 3 is 3.18 bits per heavy atom. The number of aryl methyl sites for hydroxylation is 1. The van der Waals surface area contributed by atoms with Crippen LogP contribution in [0.15, 0.2) is 17.6 Å². The molecule has 0 saturated heterocycles. The normalized spacial score (nSPS) is 17.3. The SMILES string of the molecule is CCc1ncc(CN(C)C(=O)C[C@@H]2OCCc3ccsc32)s1. The maximum Gasteiger partial charge on any atom is 0.225 e. The summed E-state index contributed by atoms with van der Waals surface area (Å²) in [6.07, 6.45) is 4.12. The number of rotatable bonds is 5. The Kier molecular flexibility index (Phi) is 4.90. The maximum absolute atomic E-state index is 12.5. The Hall–Kier alpha value is -1.24. The molecule has 22 heavy (non-hydrogen) atoms. The Morgan fingerprint density at radius 2 is 2.41 bits per heavy atom. The van der Waals surface area contributed by atoms with Crippen LogP contribution in [0.5, 0.6) is 0 Å². The van der Waals surface area contributed by atoms with Crippen LogP contribution in [0.1, 0.15) is 39.8 Å². The fourth-order valence-electron chi connectivity index (χ4n) is 2.60. The molecular weight excluding hydrogens is 316 g/mol. The van der Waals surface area contributed by atoms with Gasteiger partial charge in [-0.15, -0.1) is 22.7 Å². The second-order valence-electron chi connectivity index (χ2n) is 5.45. The van der Waals surface area contributed by atoms with Gasteiger partial charge in [-0.25, -0.2) is 4.98 Å². The second kappa shape index (κ2) is 6.89. The number of hydrogen-bond acceptors (Lipinski definition) is 5. The summed E-state index contributed by atoms with van der Waals surface area (Å²) in [7, 11) is 1.85. The van der Waals surface area contributed by atoms with Crippen LogP contribution in [0.2, 0.25) is 0 Å². The zero-order valence-corrected chi connectivity index (χ0v) is 14.5. The van der Waals surface area contributed by atoms with Gasteiger partial charge in [-0.3, -0.25) is 4.79 Å². The van der Waals surface area contributed by atoms with Crippen LogP contribution in [0.3, 0.4) is 0 Å². The quantitative estimate of drug-likeness (QED) is 0.840. The van der Waals surface area contributed by atoms with Gasteiger partial charge in [0.25, 0.3) is 0 Å². The minimum Gasteiger partial charge on any atom is -0.372 e. The molecule has 2 aromatic heterocycles. The van der Waals surface area contributed by atoms with Crippen LogP contribution < -0.4 is 0 Å². The van der Waals surface area contributed by atoms with Crippen molar-refractivity contribution in [2.75, 3.05) is 13.7 Å². The number of carbonyl (C=O) groups is 1. The molecule has 3 heterocycles. The first kappa shape index (κ1) is 15.6. The van der Waals surface area contributed by atoms with E-state index in [4.69, 9.17) is 4.74 Å². The largest absolute Gasteiger partial charge is 0.372 e. The van der Waals surface area contributed by atoms with Crippen molar-refractivity contribution in [3.05, 3.63) is 38.0 Å². The number of thiophene rings is 1. The van der Waals surface area contributed by atoms with E-state index in [1.807, 2.05) is 13.2 Å².